The molecule has 0 N–H and O–H groups in total. The van der Waals surface area contributed by atoms with Gasteiger partial charge in [0.1, 0.15) is 5.75 Å². The molecule has 0 fully saturated rings. The van der Waals surface area contributed by atoms with Crippen LogP contribution in [0.5, 0.6) is 5.75 Å². The first-order chi connectivity index (χ1) is 13.5. The van der Waals surface area contributed by atoms with E-state index in [2.05, 4.69) is 0 Å². The number of para-hydroxylation sites is 1. The van der Waals surface area contributed by atoms with Crippen molar-refractivity contribution in [2.45, 2.75) is 20.3 Å². The van der Waals surface area contributed by atoms with Crippen molar-refractivity contribution in [3.63, 3.8) is 0 Å². The predicted octanol–water partition coefficient (Wildman–Crippen LogP) is 4.58. The van der Waals surface area contributed by atoms with Gasteiger partial charge in [0, 0.05) is 17.7 Å². The number of ether oxygens (including phenoxy) is 2. The molecular formula is C22H22ClNO4. The minimum absolute atomic E-state index is 0.0122. The Morgan fingerprint density at radius 1 is 1.18 bits per heavy atom. The van der Waals surface area contributed by atoms with Crippen molar-refractivity contribution in [3.05, 3.63) is 58.6 Å². The number of rotatable bonds is 7. The summed E-state index contributed by atoms with van der Waals surface area (Å²) >= 11 is 6.29. The maximum atomic E-state index is 12.9. The molecule has 2 aromatic rings. The van der Waals surface area contributed by atoms with Gasteiger partial charge in [0.15, 0.2) is 6.61 Å². The molecule has 0 bridgehead atoms. The van der Waals surface area contributed by atoms with E-state index in [0.717, 1.165) is 23.2 Å². The molecule has 1 aliphatic heterocycles. The number of hydrogen-bond acceptors (Lipinski definition) is 4. The van der Waals surface area contributed by atoms with Crippen molar-refractivity contribution in [1.82, 2.24) is 0 Å². The van der Waals surface area contributed by atoms with Crippen LogP contribution in [-0.4, -0.2) is 31.6 Å². The maximum Gasteiger partial charge on any atom is 0.344 e. The van der Waals surface area contributed by atoms with E-state index in [1.165, 1.54) is 0 Å². The molecule has 2 aromatic carbocycles. The molecule has 5 nitrogen and oxygen atoms in total. The van der Waals surface area contributed by atoms with Crippen LogP contribution in [0.3, 0.4) is 0 Å². The number of fused-ring (bicyclic) bond motifs is 1. The number of carbonyl (C=O) groups excluding carboxylic acids is 2. The second-order valence-corrected chi connectivity index (χ2v) is 6.72. The van der Waals surface area contributed by atoms with Gasteiger partial charge in [0.25, 0.3) is 5.91 Å². The molecule has 0 spiro atoms. The van der Waals surface area contributed by atoms with Gasteiger partial charge in [-0.15, -0.1) is 0 Å². The highest BCUT2D eigenvalue weighted by Gasteiger charge is 2.31. The molecule has 146 valence electrons. The number of nitrogens with zero attached hydrogens (tertiary/aromatic N) is 1. The van der Waals surface area contributed by atoms with Crippen LogP contribution in [0.25, 0.3) is 11.6 Å². The number of benzene rings is 2. The van der Waals surface area contributed by atoms with E-state index in [1.807, 2.05) is 37.3 Å². The van der Waals surface area contributed by atoms with Gasteiger partial charge >= 0.3 is 5.97 Å². The average Bonchev–Trinajstić information content (AvgIpc) is 2.94. The number of carbonyl (C=O) groups is 2. The third-order valence-corrected chi connectivity index (χ3v) is 4.62. The summed E-state index contributed by atoms with van der Waals surface area (Å²) in [7, 11) is 0. The molecule has 28 heavy (non-hydrogen) atoms. The van der Waals surface area contributed by atoms with Crippen LogP contribution in [0, 0.1) is 0 Å². The van der Waals surface area contributed by atoms with Crippen LogP contribution < -0.4 is 9.64 Å². The van der Waals surface area contributed by atoms with Gasteiger partial charge in [-0.3, -0.25) is 4.79 Å². The first-order valence-corrected chi connectivity index (χ1v) is 9.63. The Morgan fingerprint density at radius 3 is 2.68 bits per heavy atom. The lowest BCUT2D eigenvalue weighted by molar-refractivity contribution is -0.145. The summed E-state index contributed by atoms with van der Waals surface area (Å²) in [4.78, 5) is 26.1. The third-order valence-electron chi connectivity index (χ3n) is 4.33. The molecule has 0 unspecified atom stereocenters. The summed E-state index contributed by atoms with van der Waals surface area (Å²) in [5, 5.41) is 0.364. The van der Waals surface area contributed by atoms with Gasteiger partial charge in [-0.05, 0) is 43.2 Å². The Balaban J connectivity index is 1.84. The highest BCUT2D eigenvalue weighted by atomic mass is 35.5. The number of esters is 1. The monoisotopic (exact) mass is 399 g/mol. The molecular weight excluding hydrogens is 378 g/mol. The summed E-state index contributed by atoms with van der Waals surface area (Å²) in [5.41, 5.74) is 3.27. The predicted molar refractivity (Wildman–Crippen MR) is 111 cm³/mol. The molecule has 6 heteroatoms. The molecule has 0 aliphatic carbocycles. The van der Waals surface area contributed by atoms with E-state index in [0.29, 0.717) is 29.5 Å². The lowest BCUT2D eigenvalue weighted by Crippen LogP contribution is -2.26. The van der Waals surface area contributed by atoms with Crippen LogP contribution >= 0.6 is 11.6 Å². The van der Waals surface area contributed by atoms with Gasteiger partial charge in [-0.1, -0.05) is 42.8 Å². The maximum absolute atomic E-state index is 12.9. The van der Waals surface area contributed by atoms with Gasteiger partial charge in [-0.25, -0.2) is 4.79 Å². The van der Waals surface area contributed by atoms with Gasteiger partial charge in [0.2, 0.25) is 0 Å². The topological polar surface area (TPSA) is 55.8 Å². The largest absolute Gasteiger partial charge is 0.480 e. The Bertz CT molecular complexity index is 923. The third kappa shape index (κ3) is 4.20. The zero-order chi connectivity index (χ0) is 20.1. The Hall–Kier alpha value is -2.79. The van der Waals surface area contributed by atoms with Crippen molar-refractivity contribution >= 4 is 40.8 Å². The van der Waals surface area contributed by atoms with E-state index in [4.69, 9.17) is 21.1 Å². The van der Waals surface area contributed by atoms with E-state index in [9.17, 15) is 9.59 Å². The molecule has 1 amide bonds. The summed E-state index contributed by atoms with van der Waals surface area (Å²) < 4.78 is 10.2. The smallest absolute Gasteiger partial charge is 0.344 e. The summed E-state index contributed by atoms with van der Waals surface area (Å²) in [6, 6.07) is 13.0. The lowest BCUT2D eigenvalue weighted by atomic mass is 10.0. The average molecular weight is 400 g/mol. The molecule has 1 heterocycles. The molecule has 1 aliphatic rings. The van der Waals surface area contributed by atoms with Crippen molar-refractivity contribution in [1.29, 1.82) is 0 Å². The summed E-state index contributed by atoms with van der Waals surface area (Å²) in [6.45, 7) is 4.55. The van der Waals surface area contributed by atoms with Crippen molar-refractivity contribution in [3.8, 4) is 5.75 Å². The van der Waals surface area contributed by atoms with E-state index < -0.39 is 5.97 Å². The zero-order valence-electron chi connectivity index (χ0n) is 15.9. The van der Waals surface area contributed by atoms with E-state index in [1.54, 1.807) is 30.0 Å². The highest BCUT2D eigenvalue weighted by Crippen LogP contribution is 2.38. The fourth-order valence-corrected chi connectivity index (χ4v) is 3.37. The van der Waals surface area contributed by atoms with Crippen LogP contribution in [0.15, 0.2) is 42.5 Å². The minimum atomic E-state index is -0.450. The Kier molecular flexibility index (Phi) is 6.37. The van der Waals surface area contributed by atoms with E-state index in [-0.39, 0.29) is 12.5 Å². The van der Waals surface area contributed by atoms with Crippen LogP contribution in [0.1, 0.15) is 31.4 Å². The first-order valence-electron chi connectivity index (χ1n) is 9.26. The molecule has 0 atom stereocenters. The van der Waals surface area contributed by atoms with E-state index >= 15 is 0 Å². The number of amides is 1. The van der Waals surface area contributed by atoms with Crippen LogP contribution in [0.4, 0.5) is 5.69 Å². The second-order valence-electron chi connectivity index (χ2n) is 6.32. The highest BCUT2D eigenvalue weighted by molar-refractivity contribution is 6.36. The quantitative estimate of drug-likeness (QED) is 0.505. The molecule has 0 saturated carbocycles. The van der Waals surface area contributed by atoms with Crippen molar-refractivity contribution < 1.29 is 19.1 Å². The fourth-order valence-electron chi connectivity index (χ4n) is 3.12. The number of halogens is 1. The fraction of sp³-hybridized carbons (Fsp3) is 0.273. The molecule has 0 radical (unpaired) electrons. The minimum Gasteiger partial charge on any atom is -0.480 e. The Morgan fingerprint density at radius 2 is 1.96 bits per heavy atom. The zero-order valence-corrected chi connectivity index (χ0v) is 16.7. The van der Waals surface area contributed by atoms with Gasteiger partial charge in [-0.2, -0.15) is 0 Å². The molecule has 0 aromatic heterocycles. The van der Waals surface area contributed by atoms with Crippen LogP contribution in [0.2, 0.25) is 5.02 Å². The molecule has 3 rings (SSSR count). The normalized spacial score (nSPS) is 14.3. The van der Waals surface area contributed by atoms with Crippen molar-refractivity contribution in [2.75, 3.05) is 24.7 Å². The second kappa shape index (κ2) is 8.93. The standard InChI is InChI=1S/C22H22ClNO4/c1-3-11-24-19-8-6-5-7-16(19)17(22(24)26)12-15-9-10-20(18(23)13-15)28-14-21(25)27-4-2/h5-10,12-13H,3-4,11,14H2,1-2H3/b17-12-. The summed E-state index contributed by atoms with van der Waals surface area (Å²) in [5.74, 6) is -0.0709. The summed E-state index contributed by atoms with van der Waals surface area (Å²) in [6.07, 6.45) is 2.71. The van der Waals surface area contributed by atoms with Crippen molar-refractivity contribution in [2.24, 2.45) is 0 Å². The number of anilines is 1. The SMILES string of the molecule is CCCN1C(=O)/C(=C\c2ccc(OCC(=O)OCC)c(Cl)c2)c2ccccc21. The van der Waals surface area contributed by atoms with Gasteiger partial charge in [0.05, 0.1) is 17.3 Å². The number of hydrogen-bond donors (Lipinski definition) is 0. The van der Waals surface area contributed by atoms with Gasteiger partial charge < -0.3 is 14.4 Å². The first kappa shape index (κ1) is 20.0. The molecule has 0 saturated heterocycles. The lowest BCUT2D eigenvalue weighted by Gasteiger charge is -2.15. The Labute approximate surface area is 169 Å². The van der Waals surface area contributed by atoms with Crippen LogP contribution in [-0.2, 0) is 14.3 Å².